The van der Waals surface area contributed by atoms with Gasteiger partial charge in [-0.3, -0.25) is 0 Å². The Bertz CT molecular complexity index is 856. The topological polar surface area (TPSA) is 0 Å². The van der Waals surface area contributed by atoms with Gasteiger partial charge in [-0.25, -0.2) is 0 Å². The second kappa shape index (κ2) is 12.1. The van der Waals surface area contributed by atoms with E-state index in [2.05, 4.69) is 111 Å². The van der Waals surface area contributed by atoms with E-state index in [4.69, 9.17) is 0 Å². The van der Waals surface area contributed by atoms with Crippen LogP contribution in [0.2, 0.25) is 0 Å². The Morgan fingerprint density at radius 3 is 1.83 bits per heavy atom. The van der Waals surface area contributed by atoms with E-state index in [9.17, 15) is 0 Å². The summed E-state index contributed by atoms with van der Waals surface area (Å²) in [6, 6.07) is 0. The highest BCUT2D eigenvalue weighted by atomic mass is 14.8. The first kappa shape index (κ1) is 35.5. The van der Waals surface area contributed by atoms with Gasteiger partial charge in [0, 0.05) is 0 Å². The molecule has 0 aromatic heterocycles. The molecule has 0 aromatic rings. The van der Waals surface area contributed by atoms with Crippen molar-refractivity contribution in [3.63, 3.8) is 0 Å². The highest BCUT2D eigenvalue weighted by molar-refractivity contribution is 5.27. The van der Waals surface area contributed by atoms with Crippen molar-refractivity contribution in [3.8, 4) is 0 Å². The largest absolute Gasteiger partial charge is 0.0654 e. The summed E-state index contributed by atoms with van der Waals surface area (Å²) in [5.74, 6) is 6.42. The lowest BCUT2D eigenvalue weighted by Gasteiger charge is -2.76. The van der Waals surface area contributed by atoms with Crippen molar-refractivity contribution in [2.45, 2.75) is 181 Å². The van der Waals surface area contributed by atoms with Gasteiger partial charge in [0.25, 0.3) is 0 Å². The Labute approximate surface area is 260 Å². The van der Waals surface area contributed by atoms with Crippen LogP contribution in [0.1, 0.15) is 181 Å². The normalized spacial score (nSPS) is 41.9. The molecule has 0 nitrogen and oxygen atoms in total. The molecule has 0 aliphatic heterocycles. The van der Waals surface area contributed by atoms with Gasteiger partial charge in [-0.05, 0) is 125 Å². The molecule has 0 heterocycles. The molecule has 0 bridgehead atoms. The molecule has 0 heteroatoms. The van der Waals surface area contributed by atoms with Gasteiger partial charge in [-0.15, -0.1) is 0 Å². The van der Waals surface area contributed by atoms with Crippen LogP contribution in [0.4, 0.5) is 0 Å². The van der Waals surface area contributed by atoms with Crippen LogP contribution in [0, 0.1) is 79.8 Å². The van der Waals surface area contributed by atoms with Crippen molar-refractivity contribution in [2.24, 2.45) is 79.8 Å². The van der Waals surface area contributed by atoms with Crippen molar-refractivity contribution in [1.29, 1.82) is 0 Å². The Kier molecular flexibility index (Phi) is 10.4. The fraction of sp³-hybridized carbons (Fsp3) is 1.00. The summed E-state index contributed by atoms with van der Waals surface area (Å²) in [4.78, 5) is 0. The van der Waals surface area contributed by atoms with Gasteiger partial charge in [0.2, 0.25) is 0 Å². The molecule has 242 valence electrons. The van der Waals surface area contributed by atoms with Crippen LogP contribution < -0.4 is 0 Å². The zero-order valence-electron chi connectivity index (χ0n) is 31.4. The van der Waals surface area contributed by atoms with Crippen molar-refractivity contribution in [2.75, 3.05) is 0 Å². The van der Waals surface area contributed by atoms with Crippen molar-refractivity contribution in [3.05, 3.63) is 0 Å². The van der Waals surface area contributed by atoms with Crippen LogP contribution in [0.5, 0.6) is 0 Å². The van der Waals surface area contributed by atoms with Crippen molar-refractivity contribution in [1.82, 2.24) is 0 Å². The molecule has 11 atom stereocenters. The van der Waals surface area contributed by atoms with Crippen LogP contribution in [0.15, 0.2) is 0 Å². The maximum absolute atomic E-state index is 2.83. The third-order valence-electron chi connectivity index (χ3n) is 15.7. The number of hydrogen-bond acceptors (Lipinski definition) is 0. The number of hydrogen-bond donors (Lipinski definition) is 0. The second-order valence-electron chi connectivity index (χ2n) is 19.2. The highest BCUT2D eigenvalue weighted by Gasteiger charge is 2.80. The lowest BCUT2D eigenvalue weighted by atomic mass is 9.27. The van der Waals surface area contributed by atoms with Gasteiger partial charge in [-0.1, -0.05) is 136 Å². The summed E-state index contributed by atoms with van der Waals surface area (Å²) in [6.07, 6.45) is 15.4. The minimum atomic E-state index is 0.303. The van der Waals surface area contributed by atoms with Gasteiger partial charge < -0.3 is 0 Å². The molecular weight excluding hydrogens is 492 g/mol. The third-order valence-corrected chi connectivity index (χ3v) is 15.7. The predicted molar refractivity (Wildman–Crippen MR) is 184 cm³/mol. The van der Waals surface area contributed by atoms with E-state index in [1.54, 1.807) is 0 Å². The smallest absolute Gasteiger partial charge is 0.0115 e. The van der Waals surface area contributed by atoms with Gasteiger partial charge in [0.05, 0.1) is 0 Å². The molecule has 0 amide bonds. The van der Waals surface area contributed by atoms with E-state index in [-0.39, 0.29) is 0 Å². The molecule has 0 spiro atoms. The first-order chi connectivity index (χ1) is 18.8. The molecule has 0 radical (unpaired) electrons. The molecule has 3 saturated carbocycles. The summed E-state index contributed by atoms with van der Waals surface area (Å²) < 4.78 is 0. The van der Waals surface area contributed by atoms with Crippen LogP contribution in [-0.2, 0) is 0 Å². The zero-order chi connectivity index (χ0) is 31.4. The lowest BCUT2D eigenvalue weighted by Crippen LogP contribution is -2.71. The minimum absolute atomic E-state index is 0.303. The first-order valence-corrected chi connectivity index (χ1v) is 18.8. The average Bonchev–Trinajstić information content (AvgIpc) is 3.02. The highest BCUT2D eigenvalue weighted by Crippen LogP contribution is 2.85. The molecule has 3 aliphatic rings. The van der Waals surface area contributed by atoms with E-state index in [1.165, 1.54) is 70.6 Å². The molecule has 3 aliphatic carbocycles. The van der Waals surface area contributed by atoms with Gasteiger partial charge in [-0.2, -0.15) is 0 Å². The van der Waals surface area contributed by atoms with Crippen LogP contribution in [-0.4, -0.2) is 0 Å². The predicted octanol–water partition coefficient (Wildman–Crippen LogP) is 13.5. The van der Waals surface area contributed by atoms with Gasteiger partial charge in [0.1, 0.15) is 0 Å². The summed E-state index contributed by atoms with van der Waals surface area (Å²) in [7, 11) is 0. The summed E-state index contributed by atoms with van der Waals surface area (Å²) >= 11 is 0. The second-order valence-corrected chi connectivity index (χ2v) is 19.2. The standard InChI is InChI=1S/C41H78/c1-17-20-28(4)25-34(18-2)32(8)41(40(36(10,11)12)24-23-30(40)6)31(7)27-38(15,16)39(41,19-3)33(9)35-22-21-29(5)26-37(35,13)14/h28-35H,17-27H2,1-16H3. The Balaban J connectivity index is 2.41. The van der Waals surface area contributed by atoms with Crippen LogP contribution >= 0.6 is 0 Å². The molecular formula is C41H78. The van der Waals surface area contributed by atoms with Crippen LogP contribution in [0.3, 0.4) is 0 Å². The quantitative estimate of drug-likeness (QED) is 0.232. The molecule has 0 aromatic carbocycles. The summed E-state index contributed by atoms with van der Waals surface area (Å²) in [5.41, 5.74) is 2.15. The van der Waals surface area contributed by atoms with E-state index in [0.717, 1.165) is 47.3 Å². The molecule has 0 N–H and O–H groups in total. The third kappa shape index (κ3) is 5.04. The van der Waals surface area contributed by atoms with E-state index in [0.29, 0.717) is 32.5 Å². The van der Waals surface area contributed by atoms with Crippen molar-refractivity contribution < 1.29 is 0 Å². The van der Waals surface area contributed by atoms with E-state index >= 15 is 0 Å². The van der Waals surface area contributed by atoms with Crippen LogP contribution in [0.25, 0.3) is 0 Å². The molecule has 0 saturated heterocycles. The van der Waals surface area contributed by atoms with Crippen molar-refractivity contribution >= 4 is 0 Å². The monoisotopic (exact) mass is 571 g/mol. The Hall–Kier alpha value is 0. The molecule has 41 heavy (non-hydrogen) atoms. The van der Waals surface area contributed by atoms with Gasteiger partial charge in [0.15, 0.2) is 0 Å². The van der Waals surface area contributed by atoms with E-state index < -0.39 is 0 Å². The molecule has 3 fully saturated rings. The average molecular weight is 571 g/mol. The maximum Gasteiger partial charge on any atom is -0.0115 e. The number of rotatable bonds is 11. The van der Waals surface area contributed by atoms with Gasteiger partial charge >= 0.3 is 0 Å². The molecule has 3 rings (SSSR count). The first-order valence-electron chi connectivity index (χ1n) is 18.8. The molecule has 11 unspecified atom stereocenters. The lowest BCUT2D eigenvalue weighted by molar-refractivity contribution is -0.292. The SMILES string of the molecule is CCCC(C)CC(CC)C(C)C1(C2(C(C)(C)C)CCC2C)C(C)CC(C)(C)C1(CC)C(C)C1CCC(C)CC1(C)C. The Morgan fingerprint density at radius 1 is 0.805 bits per heavy atom. The summed E-state index contributed by atoms with van der Waals surface area (Å²) in [5, 5.41) is 0. The fourth-order valence-corrected chi connectivity index (χ4v) is 14.9. The Morgan fingerprint density at radius 2 is 1.41 bits per heavy atom. The maximum atomic E-state index is 2.83. The van der Waals surface area contributed by atoms with E-state index in [1.807, 2.05) is 0 Å². The zero-order valence-corrected chi connectivity index (χ0v) is 31.4. The fourth-order valence-electron chi connectivity index (χ4n) is 14.9. The minimum Gasteiger partial charge on any atom is -0.0654 e. The summed E-state index contributed by atoms with van der Waals surface area (Å²) in [6.45, 7) is 42.7.